The lowest BCUT2D eigenvalue weighted by atomic mass is 10.0. The molecule has 4 nitrogen and oxygen atoms in total. The van der Waals surface area contributed by atoms with Gasteiger partial charge in [-0.2, -0.15) is 10.5 Å². The molecule has 0 spiro atoms. The van der Waals surface area contributed by atoms with Crippen LogP contribution in [-0.4, -0.2) is 7.11 Å². The SMILES string of the molecule is COc1cc(/C=C(/C#N)c2ccc(C)cc2)cc(I)c1OCc1ccccc1C#N. The lowest BCUT2D eigenvalue weighted by Crippen LogP contribution is -2.02. The van der Waals surface area contributed by atoms with E-state index in [0.29, 0.717) is 22.6 Å². The van der Waals surface area contributed by atoms with Crippen molar-refractivity contribution in [2.75, 3.05) is 7.11 Å². The summed E-state index contributed by atoms with van der Waals surface area (Å²) < 4.78 is 12.4. The van der Waals surface area contributed by atoms with Crippen molar-refractivity contribution in [3.05, 3.63) is 92.1 Å². The Labute approximate surface area is 190 Å². The van der Waals surface area contributed by atoms with Crippen LogP contribution in [0.2, 0.25) is 0 Å². The third kappa shape index (κ3) is 5.00. The van der Waals surface area contributed by atoms with Gasteiger partial charge in [-0.05, 0) is 64.9 Å². The number of nitrogens with zero attached hydrogens (tertiary/aromatic N) is 2. The molecular formula is C25H19IN2O2. The summed E-state index contributed by atoms with van der Waals surface area (Å²) in [6, 6.07) is 23.4. The van der Waals surface area contributed by atoms with Gasteiger partial charge < -0.3 is 9.47 Å². The van der Waals surface area contributed by atoms with Gasteiger partial charge in [0.15, 0.2) is 11.5 Å². The first-order chi connectivity index (χ1) is 14.5. The normalized spacial score (nSPS) is 10.8. The number of ether oxygens (including phenoxy) is 2. The minimum absolute atomic E-state index is 0.262. The van der Waals surface area contributed by atoms with E-state index >= 15 is 0 Å². The maximum atomic E-state index is 9.62. The zero-order valence-electron chi connectivity index (χ0n) is 16.6. The van der Waals surface area contributed by atoms with Crippen molar-refractivity contribution in [2.24, 2.45) is 0 Å². The maximum Gasteiger partial charge on any atom is 0.174 e. The second-order valence-electron chi connectivity index (χ2n) is 6.63. The van der Waals surface area contributed by atoms with Crippen molar-refractivity contribution >= 4 is 34.2 Å². The summed E-state index contributed by atoms with van der Waals surface area (Å²) in [5.74, 6) is 1.18. The monoisotopic (exact) mass is 506 g/mol. The molecule has 0 aliphatic heterocycles. The van der Waals surface area contributed by atoms with Crippen molar-refractivity contribution in [2.45, 2.75) is 13.5 Å². The van der Waals surface area contributed by atoms with Crippen LogP contribution < -0.4 is 9.47 Å². The molecule has 0 saturated carbocycles. The highest BCUT2D eigenvalue weighted by atomic mass is 127. The van der Waals surface area contributed by atoms with E-state index < -0.39 is 0 Å². The molecule has 0 atom stereocenters. The van der Waals surface area contributed by atoms with Gasteiger partial charge in [0, 0.05) is 5.56 Å². The Morgan fingerprint density at radius 2 is 1.80 bits per heavy atom. The minimum Gasteiger partial charge on any atom is -0.493 e. The Morgan fingerprint density at radius 1 is 1.07 bits per heavy atom. The van der Waals surface area contributed by atoms with Crippen LogP contribution in [-0.2, 0) is 6.61 Å². The average molecular weight is 506 g/mol. The Kier molecular flexibility index (Phi) is 7.11. The summed E-state index contributed by atoms with van der Waals surface area (Å²) in [5, 5.41) is 18.9. The molecule has 0 aliphatic rings. The van der Waals surface area contributed by atoms with E-state index in [-0.39, 0.29) is 6.61 Å². The molecular weight excluding hydrogens is 487 g/mol. The van der Waals surface area contributed by atoms with Crippen molar-refractivity contribution < 1.29 is 9.47 Å². The van der Waals surface area contributed by atoms with E-state index in [0.717, 1.165) is 25.8 Å². The molecule has 3 aromatic carbocycles. The Hall–Kier alpha value is -3.29. The molecule has 0 fully saturated rings. The van der Waals surface area contributed by atoms with Crippen LogP contribution in [0.4, 0.5) is 0 Å². The minimum atomic E-state index is 0.262. The highest BCUT2D eigenvalue weighted by Crippen LogP contribution is 2.36. The quantitative estimate of drug-likeness (QED) is 0.230. The molecule has 0 N–H and O–H groups in total. The van der Waals surface area contributed by atoms with Gasteiger partial charge in [-0.3, -0.25) is 0 Å². The van der Waals surface area contributed by atoms with E-state index in [9.17, 15) is 10.5 Å². The lowest BCUT2D eigenvalue weighted by molar-refractivity contribution is 0.282. The van der Waals surface area contributed by atoms with Crippen molar-refractivity contribution in [1.29, 1.82) is 10.5 Å². The van der Waals surface area contributed by atoms with Crippen molar-refractivity contribution in [1.82, 2.24) is 0 Å². The first kappa shape index (κ1) is 21.4. The standard InChI is InChI=1S/C25H19IN2O2/c1-17-7-9-19(10-8-17)22(15-28)11-18-12-23(26)25(24(13-18)29-2)30-16-21-6-4-3-5-20(21)14-27/h3-13H,16H2,1-2H3/b22-11-. The average Bonchev–Trinajstić information content (AvgIpc) is 2.77. The predicted octanol–water partition coefficient (Wildman–Crippen LogP) is 6.12. The fraction of sp³-hybridized carbons (Fsp3) is 0.120. The van der Waals surface area contributed by atoms with Gasteiger partial charge in [-0.15, -0.1) is 0 Å². The number of benzene rings is 3. The second kappa shape index (κ2) is 9.96. The van der Waals surface area contributed by atoms with Crippen LogP contribution in [0.1, 0.15) is 27.8 Å². The number of halogens is 1. The highest BCUT2D eigenvalue weighted by Gasteiger charge is 2.13. The molecule has 3 rings (SSSR count). The second-order valence-corrected chi connectivity index (χ2v) is 7.79. The van der Waals surface area contributed by atoms with Crippen LogP contribution in [0.3, 0.4) is 0 Å². The molecule has 0 bridgehead atoms. The molecule has 5 heteroatoms. The summed E-state index contributed by atoms with van der Waals surface area (Å²) in [6.07, 6.45) is 1.84. The molecule has 0 aliphatic carbocycles. The summed E-state index contributed by atoms with van der Waals surface area (Å²) in [6.45, 7) is 2.28. The van der Waals surface area contributed by atoms with Gasteiger partial charge >= 0.3 is 0 Å². The molecule has 3 aromatic rings. The first-order valence-electron chi connectivity index (χ1n) is 9.23. The fourth-order valence-electron chi connectivity index (χ4n) is 2.95. The predicted molar refractivity (Wildman–Crippen MR) is 126 cm³/mol. The zero-order chi connectivity index (χ0) is 21.5. The van der Waals surface area contributed by atoms with Crippen LogP contribution in [0, 0.1) is 33.2 Å². The number of methoxy groups -OCH3 is 1. The van der Waals surface area contributed by atoms with Crippen molar-refractivity contribution in [3.8, 4) is 23.6 Å². The van der Waals surface area contributed by atoms with Gasteiger partial charge in [0.25, 0.3) is 0 Å². The largest absolute Gasteiger partial charge is 0.493 e. The summed E-state index contributed by atoms with van der Waals surface area (Å²) >= 11 is 2.19. The van der Waals surface area contributed by atoms with Crippen LogP contribution >= 0.6 is 22.6 Å². The number of aryl methyl sites for hydroxylation is 1. The number of allylic oxidation sites excluding steroid dienone is 1. The lowest BCUT2D eigenvalue weighted by Gasteiger charge is -2.14. The molecule has 0 aromatic heterocycles. The Balaban J connectivity index is 1.91. The molecule has 0 heterocycles. The van der Waals surface area contributed by atoms with Gasteiger partial charge in [0.05, 0.1) is 34.0 Å². The number of rotatable bonds is 6. The molecule has 0 saturated heterocycles. The third-order valence-corrected chi connectivity index (χ3v) is 5.36. The van der Waals surface area contributed by atoms with E-state index in [1.165, 1.54) is 0 Å². The molecule has 148 valence electrons. The molecule has 30 heavy (non-hydrogen) atoms. The van der Waals surface area contributed by atoms with Gasteiger partial charge in [0.2, 0.25) is 0 Å². The van der Waals surface area contributed by atoms with E-state index in [1.807, 2.05) is 67.6 Å². The number of hydrogen-bond acceptors (Lipinski definition) is 4. The topological polar surface area (TPSA) is 66.0 Å². The maximum absolute atomic E-state index is 9.62. The summed E-state index contributed by atoms with van der Waals surface area (Å²) in [4.78, 5) is 0. The molecule has 0 unspecified atom stereocenters. The van der Waals surface area contributed by atoms with E-state index in [1.54, 1.807) is 13.2 Å². The van der Waals surface area contributed by atoms with E-state index in [2.05, 4.69) is 34.7 Å². The van der Waals surface area contributed by atoms with Gasteiger partial charge in [0.1, 0.15) is 6.61 Å². The third-order valence-electron chi connectivity index (χ3n) is 4.56. The Bertz CT molecular complexity index is 1170. The van der Waals surface area contributed by atoms with Gasteiger partial charge in [-0.1, -0.05) is 48.0 Å². The molecule has 0 amide bonds. The smallest absolute Gasteiger partial charge is 0.174 e. The first-order valence-corrected chi connectivity index (χ1v) is 10.3. The highest BCUT2D eigenvalue weighted by molar-refractivity contribution is 14.1. The van der Waals surface area contributed by atoms with Gasteiger partial charge in [-0.25, -0.2) is 0 Å². The molecule has 0 radical (unpaired) electrons. The fourth-order valence-corrected chi connectivity index (χ4v) is 3.73. The number of hydrogen-bond donors (Lipinski definition) is 0. The van der Waals surface area contributed by atoms with E-state index in [4.69, 9.17) is 9.47 Å². The number of nitriles is 2. The summed E-state index contributed by atoms with van der Waals surface area (Å²) in [5.41, 5.74) is 4.83. The van der Waals surface area contributed by atoms with Crippen LogP contribution in [0.25, 0.3) is 11.6 Å². The van der Waals surface area contributed by atoms with Crippen LogP contribution in [0.5, 0.6) is 11.5 Å². The van der Waals surface area contributed by atoms with Crippen molar-refractivity contribution in [3.63, 3.8) is 0 Å². The zero-order valence-corrected chi connectivity index (χ0v) is 18.8. The summed E-state index contributed by atoms with van der Waals surface area (Å²) in [7, 11) is 1.58. The Morgan fingerprint density at radius 3 is 2.47 bits per heavy atom. The van der Waals surface area contributed by atoms with Crippen LogP contribution in [0.15, 0.2) is 60.7 Å².